The molecule has 5 nitrogen and oxygen atoms in total. The average molecular weight is 300 g/mol. The van der Waals surface area contributed by atoms with E-state index in [0.717, 1.165) is 18.6 Å². The van der Waals surface area contributed by atoms with Crippen LogP contribution in [0.4, 0.5) is 14.5 Å². The standard InChI is InChI=1S/C14H18F2N2O3/c1-3-8(2)11(19)7-17-13(20)14(21)18-10-6-4-5-9(15)12(10)16/h4-6,8,11,19H,3,7H2,1-2H3,(H,17,20)(H,18,21). The number of aliphatic hydroxyl groups excluding tert-OH is 1. The van der Waals surface area contributed by atoms with E-state index in [0.29, 0.717) is 0 Å². The number of halogens is 2. The zero-order valence-electron chi connectivity index (χ0n) is 11.8. The maximum atomic E-state index is 13.3. The number of carbonyl (C=O) groups is 2. The number of anilines is 1. The van der Waals surface area contributed by atoms with Gasteiger partial charge in [-0.25, -0.2) is 8.78 Å². The quantitative estimate of drug-likeness (QED) is 0.720. The first-order chi connectivity index (χ1) is 9.86. The van der Waals surface area contributed by atoms with Crippen molar-refractivity contribution in [3.63, 3.8) is 0 Å². The molecule has 1 aromatic carbocycles. The van der Waals surface area contributed by atoms with Gasteiger partial charge in [0, 0.05) is 6.54 Å². The van der Waals surface area contributed by atoms with E-state index in [9.17, 15) is 23.5 Å². The molecule has 0 aliphatic rings. The van der Waals surface area contributed by atoms with Gasteiger partial charge in [-0.05, 0) is 18.1 Å². The van der Waals surface area contributed by atoms with Gasteiger partial charge in [0.25, 0.3) is 0 Å². The highest BCUT2D eigenvalue weighted by Crippen LogP contribution is 2.16. The van der Waals surface area contributed by atoms with Gasteiger partial charge in [0.1, 0.15) is 0 Å². The summed E-state index contributed by atoms with van der Waals surface area (Å²) in [7, 11) is 0. The Balaban J connectivity index is 2.56. The van der Waals surface area contributed by atoms with Crippen molar-refractivity contribution in [2.45, 2.75) is 26.4 Å². The molecular weight excluding hydrogens is 282 g/mol. The van der Waals surface area contributed by atoms with E-state index < -0.39 is 35.2 Å². The van der Waals surface area contributed by atoms with Gasteiger partial charge in [-0.15, -0.1) is 0 Å². The molecule has 2 amide bonds. The highest BCUT2D eigenvalue weighted by atomic mass is 19.2. The monoisotopic (exact) mass is 300 g/mol. The predicted octanol–water partition coefficient (Wildman–Crippen LogP) is 1.43. The van der Waals surface area contributed by atoms with E-state index in [1.54, 1.807) is 6.92 Å². The number of rotatable bonds is 5. The van der Waals surface area contributed by atoms with Crippen LogP contribution in [0, 0.1) is 17.6 Å². The molecule has 0 bridgehead atoms. The van der Waals surface area contributed by atoms with E-state index in [-0.39, 0.29) is 12.5 Å². The van der Waals surface area contributed by atoms with Gasteiger partial charge in [-0.2, -0.15) is 0 Å². The van der Waals surface area contributed by atoms with Gasteiger partial charge in [0.05, 0.1) is 11.8 Å². The van der Waals surface area contributed by atoms with Gasteiger partial charge < -0.3 is 15.7 Å². The number of amides is 2. The van der Waals surface area contributed by atoms with Crippen LogP contribution in [0.2, 0.25) is 0 Å². The second-order valence-corrected chi connectivity index (χ2v) is 4.72. The van der Waals surface area contributed by atoms with Crippen LogP contribution in [0.5, 0.6) is 0 Å². The molecule has 0 heterocycles. The number of hydrogen-bond acceptors (Lipinski definition) is 3. The van der Waals surface area contributed by atoms with Crippen molar-refractivity contribution >= 4 is 17.5 Å². The third kappa shape index (κ3) is 4.78. The van der Waals surface area contributed by atoms with Crippen molar-refractivity contribution in [2.75, 3.05) is 11.9 Å². The zero-order valence-corrected chi connectivity index (χ0v) is 11.8. The topological polar surface area (TPSA) is 78.4 Å². The maximum Gasteiger partial charge on any atom is 0.313 e. The fourth-order valence-electron chi connectivity index (χ4n) is 1.53. The smallest absolute Gasteiger partial charge is 0.313 e. The van der Waals surface area contributed by atoms with Crippen LogP contribution in [0.3, 0.4) is 0 Å². The van der Waals surface area contributed by atoms with Gasteiger partial charge in [0.15, 0.2) is 11.6 Å². The Morgan fingerprint density at radius 1 is 1.29 bits per heavy atom. The second kappa shape index (κ2) is 7.68. The van der Waals surface area contributed by atoms with Crippen LogP contribution >= 0.6 is 0 Å². The maximum absolute atomic E-state index is 13.3. The summed E-state index contributed by atoms with van der Waals surface area (Å²) in [5.74, 6) is -4.55. The summed E-state index contributed by atoms with van der Waals surface area (Å²) in [4.78, 5) is 23.0. The van der Waals surface area contributed by atoms with Crippen LogP contribution in [0.1, 0.15) is 20.3 Å². The second-order valence-electron chi connectivity index (χ2n) is 4.72. The molecule has 1 aromatic rings. The molecule has 0 fully saturated rings. The lowest BCUT2D eigenvalue weighted by Gasteiger charge is -2.17. The number of nitrogens with one attached hydrogen (secondary N) is 2. The molecule has 116 valence electrons. The third-order valence-electron chi connectivity index (χ3n) is 3.18. The van der Waals surface area contributed by atoms with Gasteiger partial charge in [-0.3, -0.25) is 9.59 Å². The summed E-state index contributed by atoms with van der Waals surface area (Å²) in [6.45, 7) is 3.60. The highest BCUT2D eigenvalue weighted by molar-refractivity contribution is 6.39. The SMILES string of the molecule is CCC(C)C(O)CNC(=O)C(=O)Nc1cccc(F)c1F. The van der Waals surface area contributed by atoms with Crippen molar-refractivity contribution in [3.05, 3.63) is 29.8 Å². The Hall–Kier alpha value is -2.02. The van der Waals surface area contributed by atoms with Crippen LogP contribution in [0.25, 0.3) is 0 Å². The lowest BCUT2D eigenvalue weighted by atomic mass is 10.0. The van der Waals surface area contributed by atoms with E-state index in [2.05, 4.69) is 5.32 Å². The first-order valence-corrected chi connectivity index (χ1v) is 6.58. The van der Waals surface area contributed by atoms with Crippen molar-refractivity contribution in [1.29, 1.82) is 0 Å². The third-order valence-corrected chi connectivity index (χ3v) is 3.18. The summed E-state index contributed by atoms with van der Waals surface area (Å²) < 4.78 is 26.3. The molecule has 3 N–H and O–H groups in total. The van der Waals surface area contributed by atoms with E-state index in [4.69, 9.17) is 0 Å². The first kappa shape index (κ1) is 17.0. The predicted molar refractivity (Wildman–Crippen MR) is 73.5 cm³/mol. The first-order valence-electron chi connectivity index (χ1n) is 6.58. The molecule has 21 heavy (non-hydrogen) atoms. The minimum atomic E-state index is -1.24. The molecule has 2 unspecified atom stereocenters. The van der Waals surface area contributed by atoms with Crippen molar-refractivity contribution in [1.82, 2.24) is 5.32 Å². The van der Waals surface area contributed by atoms with Crippen LogP contribution in [0.15, 0.2) is 18.2 Å². The summed E-state index contributed by atoms with van der Waals surface area (Å²) in [6.07, 6.45) is -0.0600. The normalized spacial score (nSPS) is 13.4. The molecule has 0 saturated heterocycles. The van der Waals surface area contributed by atoms with Gasteiger partial charge in [0.2, 0.25) is 0 Å². The molecule has 0 saturated carbocycles. The Labute approximate surface area is 121 Å². The highest BCUT2D eigenvalue weighted by Gasteiger charge is 2.19. The lowest BCUT2D eigenvalue weighted by Crippen LogP contribution is -2.41. The fourth-order valence-corrected chi connectivity index (χ4v) is 1.53. The molecule has 0 spiro atoms. The zero-order chi connectivity index (χ0) is 16.0. The Bertz CT molecular complexity index is 523. The molecule has 0 aliphatic heterocycles. The van der Waals surface area contributed by atoms with Crippen LogP contribution < -0.4 is 10.6 Å². The van der Waals surface area contributed by atoms with E-state index >= 15 is 0 Å². The number of benzene rings is 1. The molecule has 7 heteroatoms. The van der Waals surface area contributed by atoms with Crippen molar-refractivity contribution in [3.8, 4) is 0 Å². The summed E-state index contributed by atoms with van der Waals surface area (Å²) >= 11 is 0. The number of carbonyl (C=O) groups excluding carboxylic acids is 2. The van der Waals surface area contributed by atoms with Crippen molar-refractivity contribution < 1.29 is 23.5 Å². The number of hydrogen-bond donors (Lipinski definition) is 3. The summed E-state index contributed by atoms with van der Waals surface area (Å²) in [5, 5.41) is 13.9. The summed E-state index contributed by atoms with van der Waals surface area (Å²) in [6, 6.07) is 3.24. The van der Waals surface area contributed by atoms with E-state index in [1.165, 1.54) is 6.07 Å². The molecule has 0 radical (unpaired) electrons. The molecule has 2 atom stereocenters. The van der Waals surface area contributed by atoms with Crippen LogP contribution in [-0.2, 0) is 9.59 Å². The summed E-state index contributed by atoms with van der Waals surface area (Å²) in [5.41, 5.74) is -0.419. The van der Waals surface area contributed by atoms with Crippen LogP contribution in [-0.4, -0.2) is 29.6 Å². The van der Waals surface area contributed by atoms with Crippen molar-refractivity contribution in [2.24, 2.45) is 5.92 Å². The Morgan fingerprint density at radius 3 is 2.57 bits per heavy atom. The molecular formula is C14H18F2N2O3. The average Bonchev–Trinajstić information content (AvgIpc) is 2.47. The Morgan fingerprint density at radius 2 is 1.95 bits per heavy atom. The Kier molecular flexibility index (Phi) is 6.23. The fraction of sp³-hybridized carbons (Fsp3) is 0.429. The molecule has 1 rings (SSSR count). The minimum Gasteiger partial charge on any atom is -0.391 e. The minimum absolute atomic E-state index is 0.0333. The van der Waals surface area contributed by atoms with E-state index in [1.807, 2.05) is 12.2 Å². The van der Waals surface area contributed by atoms with Gasteiger partial charge in [-0.1, -0.05) is 26.3 Å². The molecule has 0 aliphatic carbocycles. The largest absolute Gasteiger partial charge is 0.391 e. The molecule has 0 aromatic heterocycles. The number of aliphatic hydroxyl groups is 1. The lowest BCUT2D eigenvalue weighted by molar-refractivity contribution is -0.136. The van der Waals surface area contributed by atoms with Gasteiger partial charge >= 0.3 is 11.8 Å².